The van der Waals surface area contributed by atoms with Crippen LogP contribution in [0.5, 0.6) is 0 Å². The Labute approximate surface area is 222 Å². The molecule has 2 fully saturated rings. The molecule has 6 rings (SSSR count). The summed E-state index contributed by atoms with van der Waals surface area (Å²) < 4.78 is 5.40. The Morgan fingerprint density at radius 3 is 2.68 bits per heavy atom. The summed E-state index contributed by atoms with van der Waals surface area (Å²) in [6, 6.07) is 12.7. The van der Waals surface area contributed by atoms with E-state index in [1.807, 2.05) is 22.4 Å². The number of nitrogens with zero attached hydrogens (tertiary/aromatic N) is 4. The van der Waals surface area contributed by atoms with Crippen LogP contribution in [0.3, 0.4) is 0 Å². The SMILES string of the molecule is O=C(c1ccc(N2CCOCC2)c([N+](=O)[O-])c1)N1N=C2/C(=C\c3cccs3)CCC[C@@H]2[C@@H]1c1cccs1. The van der Waals surface area contributed by atoms with Crippen molar-refractivity contribution in [2.24, 2.45) is 11.0 Å². The fourth-order valence-corrected chi connectivity index (χ4v) is 7.01. The summed E-state index contributed by atoms with van der Waals surface area (Å²) in [7, 11) is 0. The second kappa shape index (κ2) is 10.2. The van der Waals surface area contributed by atoms with E-state index in [1.165, 1.54) is 16.5 Å². The number of hydrazone groups is 1. The van der Waals surface area contributed by atoms with Gasteiger partial charge in [-0.3, -0.25) is 14.9 Å². The molecular formula is C27H26N4O4S2. The molecule has 3 aromatic rings. The van der Waals surface area contributed by atoms with E-state index in [0.29, 0.717) is 32.0 Å². The van der Waals surface area contributed by atoms with Crippen LogP contribution in [0.2, 0.25) is 0 Å². The molecule has 190 valence electrons. The van der Waals surface area contributed by atoms with Crippen molar-refractivity contribution in [3.63, 3.8) is 0 Å². The third-order valence-corrected chi connectivity index (χ3v) is 8.94. The van der Waals surface area contributed by atoms with E-state index in [-0.39, 0.29) is 29.1 Å². The number of morpholine rings is 1. The molecule has 37 heavy (non-hydrogen) atoms. The van der Waals surface area contributed by atoms with E-state index in [1.54, 1.807) is 39.8 Å². The quantitative estimate of drug-likeness (QED) is 0.296. The molecule has 8 nitrogen and oxygen atoms in total. The molecule has 0 bridgehead atoms. The highest BCUT2D eigenvalue weighted by Gasteiger charge is 2.44. The summed E-state index contributed by atoms with van der Waals surface area (Å²) in [6.45, 7) is 2.20. The number of nitro groups is 1. The van der Waals surface area contributed by atoms with Gasteiger partial charge in [0.05, 0.1) is 29.9 Å². The summed E-state index contributed by atoms with van der Waals surface area (Å²) in [5.41, 5.74) is 2.86. The Hall–Kier alpha value is -3.34. The fraction of sp³-hybridized carbons (Fsp3) is 0.333. The highest BCUT2D eigenvalue weighted by atomic mass is 32.1. The van der Waals surface area contributed by atoms with Crippen molar-refractivity contribution in [3.05, 3.63) is 84.2 Å². The zero-order chi connectivity index (χ0) is 25.4. The van der Waals surface area contributed by atoms with Gasteiger partial charge in [0.1, 0.15) is 5.69 Å². The van der Waals surface area contributed by atoms with Crippen LogP contribution in [0.25, 0.3) is 6.08 Å². The molecular weight excluding hydrogens is 508 g/mol. The minimum absolute atomic E-state index is 0.0667. The van der Waals surface area contributed by atoms with Gasteiger partial charge in [0.25, 0.3) is 11.6 Å². The summed E-state index contributed by atoms with van der Waals surface area (Å²) in [4.78, 5) is 29.7. The minimum atomic E-state index is -0.407. The van der Waals surface area contributed by atoms with Gasteiger partial charge in [-0.2, -0.15) is 5.10 Å². The average Bonchev–Trinajstić information content (AvgIpc) is 3.70. The van der Waals surface area contributed by atoms with Crippen LogP contribution in [-0.4, -0.2) is 47.9 Å². The number of anilines is 1. The molecule has 10 heteroatoms. The Morgan fingerprint density at radius 2 is 1.95 bits per heavy atom. The topological polar surface area (TPSA) is 88.3 Å². The van der Waals surface area contributed by atoms with Gasteiger partial charge in [-0.25, -0.2) is 5.01 Å². The number of allylic oxidation sites excluding steroid dienone is 1. The molecule has 3 aliphatic rings. The number of hydrogen-bond acceptors (Lipinski definition) is 8. The Kier molecular flexibility index (Phi) is 6.62. The van der Waals surface area contributed by atoms with Gasteiger partial charge >= 0.3 is 0 Å². The molecule has 0 N–H and O–H groups in total. The lowest BCUT2D eigenvalue weighted by Gasteiger charge is -2.29. The number of carbonyl (C=O) groups is 1. The first-order valence-corrected chi connectivity index (χ1v) is 14.2. The molecule has 1 saturated carbocycles. The molecule has 2 aliphatic heterocycles. The number of ether oxygens (including phenoxy) is 1. The van der Waals surface area contributed by atoms with E-state index in [0.717, 1.165) is 29.9 Å². The minimum Gasteiger partial charge on any atom is -0.378 e. The normalized spacial score (nSPS) is 22.7. The number of thiophene rings is 2. The van der Waals surface area contributed by atoms with Crippen molar-refractivity contribution >= 4 is 51.7 Å². The maximum absolute atomic E-state index is 13.9. The number of rotatable bonds is 5. The lowest BCUT2D eigenvalue weighted by Crippen LogP contribution is -2.36. The number of hydrogen-bond donors (Lipinski definition) is 0. The second-order valence-corrected chi connectivity index (χ2v) is 11.3. The van der Waals surface area contributed by atoms with Crippen molar-refractivity contribution in [1.29, 1.82) is 0 Å². The maximum Gasteiger partial charge on any atom is 0.293 e. The van der Waals surface area contributed by atoms with Gasteiger partial charge in [-0.1, -0.05) is 12.1 Å². The second-order valence-electron chi connectivity index (χ2n) is 9.34. The summed E-state index contributed by atoms with van der Waals surface area (Å²) in [5, 5.41) is 22.6. The van der Waals surface area contributed by atoms with Crippen LogP contribution in [-0.2, 0) is 4.74 Å². The van der Waals surface area contributed by atoms with Crippen molar-refractivity contribution < 1.29 is 14.5 Å². The predicted molar refractivity (Wildman–Crippen MR) is 146 cm³/mol. The van der Waals surface area contributed by atoms with Gasteiger partial charge in [0.15, 0.2) is 0 Å². The molecule has 1 saturated heterocycles. The molecule has 0 unspecified atom stereocenters. The van der Waals surface area contributed by atoms with E-state index in [2.05, 4.69) is 23.6 Å². The van der Waals surface area contributed by atoms with Crippen molar-refractivity contribution in [2.75, 3.05) is 31.2 Å². The van der Waals surface area contributed by atoms with E-state index >= 15 is 0 Å². The van der Waals surface area contributed by atoms with Gasteiger partial charge in [-0.15, -0.1) is 22.7 Å². The monoisotopic (exact) mass is 534 g/mol. The fourth-order valence-electron chi connectivity index (χ4n) is 5.46. The number of benzene rings is 1. The summed E-state index contributed by atoms with van der Waals surface area (Å²) >= 11 is 3.30. The molecule has 2 aromatic heterocycles. The highest BCUT2D eigenvalue weighted by molar-refractivity contribution is 7.11. The lowest BCUT2D eigenvalue weighted by atomic mass is 9.79. The molecule has 1 amide bonds. The molecule has 0 spiro atoms. The van der Waals surface area contributed by atoms with Crippen molar-refractivity contribution in [1.82, 2.24) is 5.01 Å². The van der Waals surface area contributed by atoms with Crippen LogP contribution >= 0.6 is 22.7 Å². The Bertz CT molecular complexity index is 1360. The van der Waals surface area contributed by atoms with Gasteiger partial charge in [0.2, 0.25) is 0 Å². The van der Waals surface area contributed by atoms with Crippen molar-refractivity contribution in [3.8, 4) is 0 Å². The zero-order valence-corrected chi connectivity index (χ0v) is 21.7. The third kappa shape index (κ3) is 4.60. The van der Waals surface area contributed by atoms with Crippen LogP contribution in [0.4, 0.5) is 11.4 Å². The number of carbonyl (C=O) groups excluding carboxylic acids is 1. The van der Waals surface area contributed by atoms with E-state index < -0.39 is 4.92 Å². The molecule has 2 atom stereocenters. The molecule has 1 aliphatic carbocycles. The smallest absolute Gasteiger partial charge is 0.293 e. The van der Waals surface area contributed by atoms with Gasteiger partial charge < -0.3 is 9.64 Å². The van der Waals surface area contributed by atoms with Crippen LogP contribution in [0, 0.1) is 16.0 Å². The first-order valence-electron chi connectivity index (χ1n) is 12.4. The Balaban J connectivity index is 1.38. The van der Waals surface area contributed by atoms with Crippen LogP contribution in [0.15, 0.2) is 63.9 Å². The number of fused-ring (bicyclic) bond motifs is 1. The zero-order valence-electron chi connectivity index (χ0n) is 20.1. The third-order valence-electron chi connectivity index (χ3n) is 7.17. The van der Waals surface area contributed by atoms with E-state index in [9.17, 15) is 14.9 Å². The Morgan fingerprint density at radius 1 is 1.14 bits per heavy atom. The van der Waals surface area contributed by atoms with Crippen LogP contribution < -0.4 is 4.90 Å². The molecule has 1 aromatic carbocycles. The molecule has 0 radical (unpaired) electrons. The van der Waals surface area contributed by atoms with Gasteiger partial charge in [0, 0.05) is 40.4 Å². The standard InChI is InChI=1S/C27H26N4O4S2/c32-27(19-8-9-22(23(17-19)31(33)34)29-10-12-35-13-11-29)30-26(24-7-3-15-37-24)21-6-1-4-18(25(21)28-30)16-20-5-2-14-36-20/h2-3,5,7-9,14-17,21,26H,1,4,6,10-13H2/b18-16-/t21-,26+/m0/s1. The summed E-state index contributed by atoms with van der Waals surface area (Å²) in [6.07, 6.45) is 5.09. The first kappa shape index (κ1) is 24.0. The van der Waals surface area contributed by atoms with Gasteiger partial charge in [-0.05, 0) is 65.9 Å². The number of nitro benzene ring substituents is 1. The average molecular weight is 535 g/mol. The first-order chi connectivity index (χ1) is 18.1. The molecule has 4 heterocycles. The predicted octanol–water partition coefficient (Wildman–Crippen LogP) is 5.99. The summed E-state index contributed by atoms with van der Waals surface area (Å²) in [5.74, 6) is -0.211. The highest BCUT2D eigenvalue weighted by Crippen LogP contribution is 2.46. The van der Waals surface area contributed by atoms with Crippen LogP contribution in [0.1, 0.15) is 45.4 Å². The lowest BCUT2D eigenvalue weighted by molar-refractivity contribution is -0.384. The maximum atomic E-state index is 13.9. The van der Waals surface area contributed by atoms with E-state index in [4.69, 9.17) is 9.84 Å². The largest absolute Gasteiger partial charge is 0.378 e. The number of amides is 1. The van der Waals surface area contributed by atoms with Crippen molar-refractivity contribution in [2.45, 2.75) is 25.3 Å².